The third-order valence-electron chi connectivity index (χ3n) is 4.39. The van der Waals surface area contributed by atoms with Gasteiger partial charge in [0, 0.05) is 22.9 Å². The van der Waals surface area contributed by atoms with Crippen LogP contribution in [-0.4, -0.2) is 16.9 Å². The van der Waals surface area contributed by atoms with Crippen LogP contribution in [0.1, 0.15) is 41.6 Å². The minimum Gasteiger partial charge on any atom is -0.490 e. The lowest BCUT2D eigenvalue weighted by atomic mass is 10.1. The Morgan fingerprint density at radius 1 is 1.16 bits per heavy atom. The molecule has 0 atom stereocenters. The van der Waals surface area contributed by atoms with E-state index in [2.05, 4.69) is 5.32 Å². The average molecular weight is 340 g/mol. The maximum atomic E-state index is 12.3. The first kappa shape index (κ1) is 17.0. The molecule has 2 aromatic rings. The highest BCUT2D eigenvalue weighted by Crippen LogP contribution is 2.25. The molecule has 0 heterocycles. The minimum absolute atomic E-state index is 0.0621. The summed E-state index contributed by atoms with van der Waals surface area (Å²) in [4.78, 5) is 22.8. The third kappa shape index (κ3) is 4.15. The number of nitrogens with zero attached hydrogens (tertiary/aromatic N) is 1. The van der Waals surface area contributed by atoms with Crippen LogP contribution >= 0.6 is 0 Å². The molecule has 0 saturated heterocycles. The molecule has 130 valence electrons. The van der Waals surface area contributed by atoms with Crippen LogP contribution in [0.5, 0.6) is 5.75 Å². The van der Waals surface area contributed by atoms with Crippen LogP contribution < -0.4 is 10.1 Å². The Balaban J connectivity index is 1.66. The van der Waals surface area contributed by atoms with E-state index in [9.17, 15) is 14.9 Å². The smallest absolute Gasteiger partial charge is 0.273 e. The Hall–Kier alpha value is -2.89. The molecule has 1 fully saturated rings. The van der Waals surface area contributed by atoms with E-state index in [1.165, 1.54) is 18.9 Å². The summed E-state index contributed by atoms with van der Waals surface area (Å²) < 4.78 is 5.89. The van der Waals surface area contributed by atoms with Gasteiger partial charge in [-0.2, -0.15) is 0 Å². The minimum atomic E-state index is -0.485. The number of hydrogen-bond donors (Lipinski definition) is 1. The molecule has 1 aliphatic rings. The number of nitro benzene ring substituents is 1. The Morgan fingerprint density at radius 2 is 1.84 bits per heavy atom. The normalized spacial score (nSPS) is 14.3. The fraction of sp³-hybridized carbons (Fsp3) is 0.316. The maximum Gasteiger partial charge on any atom is 0.273 e. The second kappa shape index (κ2) is 7.34. The van der Waals surface area contributed by atoms with E-state index in [0.29, 0.717) is 11.3 Å². The maximum absolute atomic E-state index is 12.3. The molecular formula is C19H20N2O4. The SMILES string of the molecule is Cc1ccc(C(=O)Nc2ccc(OC3CCCC3)cc2)cc1[N+](=O)[O-]. The van der Waals surface area contributed by atoms with E-state index < -0.39 is 4.92 Å². The van der Waals surface area contributed by atoms with E-state index in [0.717, 1.165) is 18.6 Å². The van der Waals surface area contributed by atoms with E-state index in [4.69, 9.17) is 4.74 Å². The standard InChI is InChI=1S/C19H20N2O4/c1-13-6-7-14(12-18(13)21(23)24)19(22)20-15-8-10-17(11-9-15)25-16-4-2-3-5-16/h6-12,16H,2-5H2,1H3,(H,20,22). The summed E-state index contributed by atoms with van der Waals surface area (Å²) >= 11 is 0. The zero-order valence-electron chi connectivity index (χ0n) is 14.0. The summed E-state index contributed by atoms with van der Waals surface area (Å²) in [5.74, 6) is 0.406. The van der Waals surface area contributed by atoms with Crippen LogP contribution in [0.4, 0.5) is 11.4 Å². The molecule has 0 aromatic heterocycles. The average Bonchev–Trinajstić information content (AvgIpc) is 3.09. The predicted molar refractivity (Wildman–Crippen MR) is 95.1 cm³/mol. The first-order chi connectivity index (χ1) is 12.0. The highest BCUT2D eigenvalue weighted by atomic mass is 16.6. The number of nitrogens with one attached hydrogen (secondary N) is 1. The van der Waals surface area contributed by atoms with Gasteiger partial charge in [-0.15, -0.1) is 0 Å². The lowest BCUT2D eigenvalue weighted by molar-refractivity contribution is -0.385. The van der Waals surface area contributed by atoms with Gasteiger partial charge in [0.1, 0.15) is 5.75 Å². The number of rotatable bonds is 5. The van der Waals surface area contributed by atoms with Crippen LogP contribution in [0.15, 0.2) is 42.5 Å². The lowest BCUT2D eigenvalue weighted by Gasteiger charge is -2.13. The number of anilines is 1. The molecule has 0 unspecified atom stereocenters. The van der Waals surface area contributed by atoms with E-state index >= 15 is 0 Å². The number of amides is 1. The first-order valence-corrected chi connectivity index (χ1v) is 8.36. The van der Waals surface area contributed by atoms with Gasteiger partial charge in [-0.25, -0.2) is 0 Å². The number of hydrogen-bond acceptors (Lipinski definition) is 4. The molecule has 0 radical (unpaired) electrons. The zero-order valence-corrected chi connectivity index (χ0v) is 14.0. The van der Waals surface area contributed by atoms with Crippen molar-refractivity contribution in [3.8, 4) is 5.75 Å². The van der Waals surface area contributed by atoms with Crippen molar-refractivity contribution >= 4 is 17.3 Å². The van der Waals surface area contributed by atoms with E-state index in [1.807, 2.05) is 12.1 Å². The van der Waals surface area contributed by atoms with Gasteiger partial charge >= 0.3 is 0 Å². The van der Waals surface area contributed by atoms with Gasteiger partial charge in [-0.1, -0.05) is 6.07 Å². The van der Waals surface area contributed by atoms with Crippen LogP contribution in [0.2, 0.25) is 0 Å². The fourth-order valence-electron chi connectivity index (χ4n) is 2.97. The first-order valence-electron chi connectivity index (χ1n) is 8.36. The molecule has 6 heteroatoms. The third-order valence-corrected chi connectivity index (χ3v) is 4.39. The molecule has 0 bridgehead atoms. The van der Waals surface area contributed by atoms with Crippen molar-refractivity contribution in [3.05, 3.63) is 63.7 Å². The van der Waals surface area contributed by atoms with Crippen molar-refractivity contribution < 1.29 is 14.5 Å². The fourth-order valence-corrected chi connectivity index (χ4v) is 2.97. The summed E-state index contributed by atoms with van der Waals surface area (Å²) in [5, 5.41) is 13.7. The summed E-state index contributed by atoms with van der Waals surface area (Å²) in [6, 6.07) is 11.6. The molecular weight excluding hydrogens is 320 g/mol. The summed E-state index contributed by atoms with van der Waals surface area (Å²) in [6.45, 7) is 1.64. The lowest BCUT2D eigenvalue weighted by Crippen LogP contribution is -2.13. The zero-order chi connectivity index (χ0) is 17.8. The van der Waals surface area contributed by atoms with Crippen LogP contribution in [-0.2, 0) is 0 Å². The second-order valence-corrected chi connectivity index (χ2v) is 6.26. The highest BCUT2D eigenvalue weighted by molar-refractivity contribution is 6.04. The number of carbonyl (C=O) groups is 1. The van der Waals surface area contributed by atoms with Crippen molar-refractivity contribution in [1.29, 1.82) is 0 Å². The van der Waals surface area contributed by atoms with Gasteiger partial charge in [-0.3, -0.25) is 14.9 Å². The van der Waals surface area contributed by atoms with E-state index in [1.54, 1.807) is 31.2 Å². The number of nitro groups is 1. The number of aryl methyl sites for hydroxylation is 1. The van der Waals surface area contributed by atoms with Gasteiger partial charge in [0.15, 0.2) is 0 Å². The molecule has 1 N–H and O–H groups in total. The number of ether oxygens (including phenoxy) is 1. The molecule has 6 nitrogen and oxygen atoms in total. The molecule has 25 heavy (non-hydrogen) atoms. The summed E-state index contributed by atoms with van der Waals surface area (Å²) in [6.07, 6.45) is 4.88. The van der Waals surface area contributed by atoms with Gasteiger partial charge in [0.25, 0.3) is 11.6 Å². The quantitative estimate of drug-likeness (QED) is 0.643. The van der Waals surface area contributed by atoms with Crippen LogP contribution in [0.3, 0.4) is 0 Å². The van der Waals surface area contributed by atoms with Gasteiger partial charge in [-0.05, 0) is 62.9 Å². The van der Waals surface area contributed by atoms with Gasteiger partial charge < -0.3 is 10.1 Å². The number of carbonyl (C=O) groups excluding carboxylic acids is 1. The highest BCUT2D eigenvalue weighted by Gasteiger charge is 2.17. The predicted octanol–water partition coefficient (Wildman–Crippen LogP) is 4.48. The van der Waals surface area contributed by atoms with Gasteiger partial charge in [0.2, 0.25) is 0 Å². The molecule has 3 rings (SSSR count). The molecule has 0 aliphatic heterocycles. The Morgan fingerprint density at radius 3 is 2.48 bits per heavy atom. The number of benzene rings is 2. The van der Waals surface area contributed by atoms with Crippen molar-refractivity contribution in [2.45, 2.75) is 38.7 Å². The van der Waals surface area contributed by atoms with Gasteiger partial charge in [0.05, 0.1) is 11.0 Å². The molecule has 1 aliphatic carbocycles. The van der Waals surface area contributed by atoms with Crippen LogP contribution in [0.25, 0.3) is 0 Å². The van der Waals surface area contributed by atoms with Crippen molar-refractivity contribution in [2.24, 2.45) is 0 Å². The second-order valence-electron chi connectivity index (χ2n) is 6.26. The molecule has 0 spiro atoms. The molecule has 1 amide bonds. The van der Waals surface area contributed by atoms with Crippen molar-refractivity contribution in [2.75, 3.05) is 5.32 Å². The Labute approximate surface area is 146 Å². The van der Waals surface area contributed by atoms with Crippen molar-refractivity contribution in [3.63, 3.8) is 0 Å². The molecule has 2 aromatic carbocycles. The topological polar surface area (TPSA) is 81.5 Å². The largest absolute Gasteiger partial charge is 0.490 e. The van der Waals surface area contributed by atoms with Crippen LogP contribution in [0, 0.1) is 17.0 Å². The Kier molecular flexibility index (Phi) is 4.97. The summed E-state index contributed by atoms with van der Waals surface area (Å²) in [5.41, 5.74) is 1.33. The van der Waals surface area contributed by atoms with E-state index in [-0.39, 0.29) is 23.3 Å². The Bertz CT molecular complexity index is 781. The molecule has 1 saturated carbocycles. The summed E-state index contributed by atoms with van der Waals surface area (Å²) in [7, 11) is 0. The monoisotopic (exact) mass is 340 g/mol. The van der Waals surface area contributed by atoms with Crippen molar-refractivity contribution in [1.82, 2.24) is 0 Å².